The van der Waals surface area contributed by atoms with Crippen molar-refractivity contribution in [2.24, 2.45) is 11.8 Å². The van der Waals surface area contributed by atoms with Crippen LogP contribution in [0, 0.1) is 11.8 Å². The number of rotatable bonds is 5. The van der Waals surface area contributed by atoms with Crippen LogP contribution in [0.5, 0.6) is 0 Å². The molecule has 0 radical (unpaired) electrons. The van der Waals surface area contributed by atoms with E-state index in [-0.39, 0.29) is 11.8 Å². The van der Waals surface area contributed by atoms with Crippen molar-refractivity contribution < 1.29 is 14.7 Å². The van der Waals surface area contributed by atoms with Crippen LogP contribution >= 0.6 is 11.3 Å². The lowest BCUT2D eigenvalue weighted by Gasteiger charge is -2.36. The maximum absolute atomic E-state index is 13.2. The monoisotopic (exact) mass is 335 g/mol. The van der Waals surface area contributed by atoms with Crippen LogP contribution in [0.15, 0.2) is 17.5 Å². The minimum atomic E-state index is -0.800. The van der Waals surface area contributed by atoms with Crippen molar-refractivity contribution in [3.63, 3.8) is 0 Å². The summed E-state index contributed by atoms with van der Waals surface area (Å²) in [6.07, 6.45) is 7.72. The zero-order chi connectivity index (χ0) is 16.2. The Kier molecular flexibility index (Phi) is 5.36. The number of thiophene rings is 1. The quantitative estimate of drug-likeness (QED) is 0.887. The van der Waals surface area contributed by atoms with Crippen molar-refractivity contribution in [2.45, 2.75) is 64.0 Å². The van der Waals surface area contributed by atoms with Crippen molar-refractivity contribution in [1.29, 1.82) is 0 Å². The number of aliphatic carboxylic acids is 1. The molecule has 0 aromatic carbocycles. The Balaban J connectivity index is 1.79. The highest BCUT2D eigenvalue weighted by atomic mass is 32.1. The zero-order valence-corrected chi connectivity index (χ0v) is 14.3. The van der Waals surface area contributed by atoms with Crippen molar-refractivity contribution in [3.05, 3.63) is 22.4 Å². The van der Waals surface area contributed by atoms with Crippen molar-refractivity contribution in [2.75, 3.05) is 0 Å². The van der Waals surface area contributed by atoms with E-state index in [1.54, 1.807) is 11.3 Å². The SMILES string of the molecule is O=C(O)C1CCCCC1C(=O)N(Cc1cccs1)C1CCCC1. The highest BCUT2D eigenvalue weighted by Gasteiger charge is 2.40. The smallest absolute Gasteiger partial charge is 0.307 e. The van der Waals surface area contributed by atoms with Gasteiger partial charge in [-0.25, -0.2) is 0 Å². The van der Waals surface area contributed by atoms with Crippen molar-refractivity contribution in [1.82, 2.24) is 4.90 Å². The number of nitrogens with zero attached hydrogens (tertiary/aromatic N) is 1. The molecule has 2 unspecified atom stereocenters. The number of hydrogen-bond donors (Lipinski definition) is 1. The molecule has 3 rings (SSSR count). The fraction of sp³-hybridized carbons (Fsp3) is 0.667. The van der Waals surface area contributed by atoms with Gasteiger partial charge in [-0.15, -0.1) is 11.3 Å². The first kappa shape index (κ1) is 16.5. The van der Waals surface area contributed by atoms with Crippen LogP contribution < -0.4 is 0 Å². The van der Waals surface area contributed by atoms with Crippen LogP contribution in [-0.4, -0.2) is 27.9 Å². The molecule has 23 heavy (non-hydrogen) atoms. The predicted octanol–water partition coefficient (Wildman–Crippen LogP) is 3.91. The Bertz CT molecular complexity index is 536. The molecular formula is C18H25NO3S. The third kappa shape index (κ3) is 3.77. The molecule has 0 spiro atoms. The zero-order valence-electron chi connectivity index (χ0n) is 13.4. The summed E-state index contributed by atoms with van der Waals surface area (Å²) in [5.41, 5.74) is 0. The molecule has 2 atom stereocenters. The van der Waals surface area contributed by atoms with Gasteiger partial charge >= 0.3 is 5.97 Å². The van der Waals surface area contributed by atoms with Gasteiger partial charge in [-0.3, -0.25) is 9.59 Å². The third-order valence-electron chi connectivity index (χ3n) is 5.36. The highest BCUT2D eigenvalue weighted by Crippen LogP contribution is 2.35. The van der Waals surface area contributed by atoms with Gasteiger partial charge in [0.05, 0.1) is 18.4 Å². The van der Waals surface area contributed by atoms with E-state index in [1.807, 2.05) is 16.3 Å². The molecule has 0 aliphatic heterocycles. The summed E-state index contributed by atoms with van der Waals surface area (Å²) in [6, 6.07) is 4.37. The topological polar surface area (TPSA) is 57.6 Å². The van der Waals surface area contributed by atoms with Gasteiger partial charge in [0, 0.05) is 10.9 Å². The molecule has 126 valence electrons. The Morgan fingerprint density at radius 3 is 2.35 bits per heavy atom. The summed E-state index contributed by atoms with van der Waals surface area (Å²) in [6.45, 7) is 0.643. The van der Waals surface area contributed by atoms with Gasteiger partial charge in [-0.2, -0.15) is 0 Å². The number of amides is 1. The Hall–Kier alpha value is -1.36. The van der Waals surface area contributed by atoms with E-state index in [9.17, 15) is 14.7 Å². The van der Waals surface area contributed by atoms with Gasteiger partial charge in [0.15, 0.2) is 0 Å². The van der Waals surface area contributed by atoms with Gasteiger partial charge in [0.1, 0.15) is 0 Å². The largest absolute Gasteiger partial charge is 0.481 e. The molecule has 1 heterocycles. The second-order valence-corrected chi connectivity index (χ2v) is 7.85. The lowest BCUT2D eigenvalue weighted by molar-refractivity contribution is -0.153. The summed E-state index contributed by atoms with van der Waals surface area (Å²) in [7, 11) is 0. The van der Waals surface area contributed by atoms with Gasteiger partial charge in [0.25, 0.3) is 0 Å². The highest BCUT2D eigenvalue weighted by molar-refractivity contribution is 7.09. The van der Waals surface area contributed by atoms with Crippen LogP contribution in [-0.2, 0) is 16.1 Å². The van der Waals surface area contributed by atoms with Crippen LogP contribution in [0.1, 0.15) is 56.2 Å². The van der Waals surface area contributed by atoms with E-state index in [4.69, 9.17) is 0 Å². The van der Waals surface area contributed by atoms with Crippen LogP contribution in [0.4, 0.5) is 0 Å². The number of carboxylic acid groups (broad SMARTS) is 1. The molecule has 2 saturated carbocycles. The van der Waals surface area contributed by atoms with Crippen molar-refractivity contribution in [3.8, 4) is 0 Å². The van der Waals surface area contributed by atoms with Crippen LogP contribution in [0.25, 0.3) is 0 Å². The number of carbonyl (C=O) groups is 2. The van der Waals surface area contributed by atoms with E-state index in [0.29, 0.717) is 19.0 Å². The van der Waals surface area contributed by atoms with E-state index in [2.05, 4.69) is 6.07 Å². The maximum Gasteiger partial charge on any atom is 0.307 e. The summed E-state index contributed by atoms with van der Waals surface area (Å²) in [5.74, 6) is -1.55. The molecule has 1 aromatic heterocycles. The normalized spacial score (nSPS) is 25.4. The number of carboxylic acids is 1. The average Bonchev–Trinajstić information content (AvgIpc) is 3.25. The number of hydrogen-bond acceptors (Lipinski definition) is 3. The average molecular weight is 335 g/mol. The molecular weight excluding hydrogens is 310 g/mol. The van der Waals surface area contributed by atoms with Crippen LogP contribution in [0.3, 0.4) is 0 Å². The molecule has 2 aliphatic carbocycles. The fourth-order valence-corrected chi connectivity index (χ4v) is 4.81. The summed E-state index contributed by atoms with van der Waals surface area (Å²) in [4.78, 5) is 27.9. The van der Waals surface area contributed by atoms with E-state index < -0.39 is 11.9 Å². The van der Waals surface area contributed by atoms with Gasteiger partial charge in [-0.1, -0.05) is 31.7 Å². The first-order valence-electron chi connectivity index (χ1n) is 8.72. The lowest BCUT2D eigenvalue weighted by Crippen LogP contribution is -2.46. The standard InChI is InChI=1S/C18H25NO3S/c20-17(15-9-3-4-10-16(15)18(21)22)19(13-6-1-2-7-13)12-14-8-5-11-23-14/h5,8,11,13,15-16H,1-4,6-7,9-10,12H2,(H,21,22). The van der Waals surface area contributed by atoms with E-state index in [1.165, 1.54) is 17.7 Å². The molecule has 2 fully saturated rings. The molecule has 0 saturated heterocycles. The second kappa shape index (κ2) is 7.47. The molecule has 1 aromatic rings. The Labute approximate surface area is 141 Å². The van der Waals surface area contributed by atoms with Crippen molar-refractivity contribution >= 4 is 23.2 Å². The van der Waals surface area contributed by atoms with Crippen LogP contribution in [0.2, 0.25) is 0 Å². The molecule has 2 aliphatic rings. The number of carbonyl (C=O) groups excluding carboxylic acids is 1. The maximum atomic E-state index is 13.2. The van der Waals surface area contributed by atoms with Gasteiger partial charge in [0.2, 0.25) is 5.91 Å². The van der Waals surface area contributed by atoms with Gasteiger partial charge in [-0.05, 0) is 37.1 Å². The first-order valence-corrected chi connectivity index (χ1v) is 9.60. The fourth-order valence-electron chi connectivity index (χ4n) is 4.11. The lowest BCUT2D eigenvalue weighted by atomic mass is 9.78. The second-order valence-electron chi connectivity index (χ2n) is 6.82. The summed E-state index contributed by atoms with van der Waals surface area (Å²) in [5, 5.41) is 11.5. The first-order chi connectivity index (χ1) is 11.2. The molecule has 4 nitrogen and oxygen atoms in total. The minimum Gasteiger partial charge on any atom is -0.481 e. The molecule has 0 bridgehead atoms. The third-order valence-corrected chi connectivity index (χ3v) is 6.22. The molecule has 1 N–H and O–H groups in total. The minimum absolute atomic E-state index is 0.0809. The molecule has 5 heteroatoms. The summed E-state index contributed by atoms with van der Waals surface area (Å²) >= 11 is 1.67. The molecule has 1 amide bonds. The van der Waals surface area contributed by atoms with E-state index in [0.717, 1.165) is 32.1 Å². The predicted molar refractivity (Wildman–Crippen MR) is 90.2 cm³/mol. The Morgan fingerprint density at radius 1 is 1.09 bits per heavy atom. The summed E-state index contributed by atoms with van der Waals surface area (Å²) < 4.78 is 0. The van der Waals surface area contributed by atoms with Gasteiger partial charge < -0.3 is 10.0 Å². The van der Waals surface area contributed by atoms with E-state index >= 15 is 0 Å². The Morgan fingerprint density at radius 2 is 1.74 bits per heavy atom.